The minimum atomic E-state index is -0.568. The van der Waals surface area contributed by atoms with Crippen LogP contribution in [0.25, 0.3) is 0 Å². The van der Waals surface area contributed by atoms with Crippen molar-refractivity contribution in [1.29, 1.82) is 0 Å². The number of halogens is 2. The van der Waals surface area contributed by atoms with Gasteiger partial charge in [-0.25, -0.2) is 0 Å². The van der Waals surface area contributed by atoms with Crippen LogP contribution >= 0.6 is 24.0 Å². The van der Waals surface area contributed by atoms with Crippen molar-refractivity contribution in [3.8, 4) is 5.75 Å². The maximum absolute atomic E-state index is 12.1. The average molecular weight is 369 g/mol. The Morgan fingerprint density at radius 2 is 1.92 bits per heavy atom. The molecule has 0 aromatic heterocycles. The first kappa shape index (κ1) is 20.1. The van der Waals surface area contributed by atoms with Crippen LogP contribution in [0.5, 0.6) is 5.75 Å². The summed E-state index contributed by atoms with van der Waals surface area (Å²) in [6.07, 6.45) is 0.181. The highest BCUT2D eigenvalue weighted by Crippen LogP contribution is 2.21. The van der Waals surface area contributed by atoms with Crippen molar-refractivity contribution in [2.24, 2.45) is 0 Å². The van der Waals surface area contributed by atoms with Crippen LogP contribution < -0.4 is 15.8 Å². The van der Waals surface area contributed by atoms with Gasteiger partial charge in [0.15, 0.2) is 6.10 Å². The predicted octanol–water partition coefficient (Wildman–Crippen LogP) is 3.78. The minimum Gasteiger partial charge on any atom is -0.481 e. The van der Waals surface area contributed by atoms with E-state index in [1.807, 2.05) is 37.3 Å². The Morgan fingerprint density at radius 1 is 1.25 bits per heavy atom. The Bertz CT molecular complexity index is 675. The smallest absolute Gasteiger partial charge is 0.260 e. The second kappa shape index (κ2) is 9.40. The number of aryl methyl sites for hydroxylation is 1. The number of nitrogens with two attached hydrogens (primary N) is 1. The lowest BCUT2D eigenvalue weighted by Crippen LogP contribution is -2.37. The first-order valence-corrected chi connectivity index (χ1v) is 7.88. The van der Waals surface area contributed by atoms with Gasteiger partial charge >= 0.3 is 0 Å². The lowest BCUT2D eigenvalue weighted by Gasteiger charge is -2.15. The standard InChI is InChI=1S/C18H21ClN2O2.ClH/c1-12-11-16(7-8-17(12)19)23-13(2)18(22)21-10-9-14-3-5-15(20)6-4-14;/h3-8,11,13H,9-10,20H2,1-2H3,(H,21,22);1H. The maximum Gasteiger partial charge on any atom is 0.260 e. The van der Waals surface area contributed by atoms with E-state index in [1.54, 1.807) is 19.1 Å². The van der Waals surface area contributed by atoms with Gasteiger partial charge in [0.25, 0.3) is 5.91 Å². The van der Waals surface area contributed by atoms with Crippen LogP contribution in [0.2, 0.25) is 5.02 Å². The van der Waals surface area contributed by atoms with E-state index in [1.165, 1.54) is 0 Å². The highest BCUT2D eigenvalue weighted by Gasteiger charge is 2.14. The Kier molecular flexibility index (Phi) is 7.89. The third kappa shape index (κ3) is 5.95. The molecule has 2 rings (SSSR count). The molecule has 4 nitrogen and oxygen atoms in total. The molecule has 0 radical (unpaired) electrons. The number of hydrogen-bond acceptors (Lipinski definition) is 3. The number of nitrogens with one attached hydrogen (secondary N) is 1. The lowest BCUT2D eigenvalue weighted by atomic mass is 10.1. The van der Waals surface area contributed by atoms with E-state index >= 15 is 0 Å². The second-order valence-corrected chi connectivity index (χ2v) is 5.86. The molecule has 2 aromatic rings. The van der Waals surface area contributed by atoms with E-state index in [2.05, 4.69) is 5.32 Å². The fourth-order valence-electron chi connectivity index (χ4n) is 2.11. The van der Waals surface area contributed by atoms with Gasteiger partial charge < -0.3 is 15.8 Å². The lowest BCUT2D eigenvalue weighted by molar-refractivity contribution is -0.127. The monoisotopic (exact) mass is 368 g/mol. The Morgan fingerprint density at radius 3 is 2.54 bits per heavy atom. The van der Waals surface area contributed by atoms with E-state index in [0.29, 0.717) is 17.3 Å². The molecule has 1 amide bonds. The Hall–Kier alpha value is -1.91. The van der Waals surface area contributed by atoms with Gasteiger partial charge in [-0.1, -0.05) is 23.7 Å². The zero-order valence-electron chi connectivity index (χ0n) is 13.7. The number of rotatable bonds is 6. The van der Waals surface area contributed by atoms with E-state index in [4.69, 9.17) is 22.1 Å². The largest absolute Gasteiger partial charge is 0.481 e. The summed E-state index contributed by atoms with van der Waals surface area (Å²) in [6, 6.07) is 13.0. The molecule has 0 fully saturated rings. The molecule has 0 saturated heterocycles. The molecule has 1 unspecified atom stereocenters. The zero-order valence-corrected chi connectivity index (χ0v) is 15.3. The van der Waals surface area contributed by atoms with Crippen molar-refractivity contribution < 1.29 is 9.53 Å². The number of carbonyl (C=O) groups is 1. The molecule has 0 bridgehead atoms. The van der Waals surface area contributed by atoms with Crippen molar-refractivity contribution in [3.05, 3.63) is 58.6 Å². The number of amides is 1. The van der Waals surface area contributed by atoms with Crippen LogP contribution in [0.15, 0.2) is 42.5 Å². The van der Waals surface area contributed by atoms with E-state index in [-0.39, 0.29) is 18.3 Å². The highest BCUT2D eigenvalue weighted by atomic mass is 35.5. The predicted molar refractivity (Wildman–Crippen MR) is 101 cm³/mol. The third-order valence-corrected chi connectivity index (χ3v) is 3.93. The van der Waals surface area contributed by atoms with Crippen LogP contribution in [-0.4, -0.2) is 18.6 Å². The molecule has 24 heavy (non-hydrogen) atoms. The molecular formula is C18H22Cl2N2O2. The molecule has 0 aliphatic rings. The van der Waals surface area contributed by atoms with Gasteiger partial charge in [-0.3, -0.25) is 4.79 Å². The number of anilines is 1. The van der Waals surface area contributed by atoms with Crippen LogP contribution in [-0.2, 0) is 11.2 Å². The molecule has 130 valence electrons. The number of carbonyl (C=O) groups excluding carboxylic acids is 1. The quantitative estimate of drug-likeness (QED) is 0.762. The highest BCUT2D eigenvalue weighted by molar-refractivity contribution is 6.31. The fourth-order valence-corrected chi connectivity index (χ4v) is 2.22. The van der Waals surface area contributed by atoms with Crippen molar-refractivity contribution >= 4 is 35.6 Å². The average Bonchev–Trinajstić information content (AvgIpc) is 2.52. The van der Waals surface area contributed by atoms with Gasteiger partial charge in [-0.2, -0.15) is 0 Å². The van der Waals surface area contributed by atoms with E-state index in [0.717, 1.165) is 23.2 Å². The summed E-state index contributed by atoms with van der Waals surface area (Å²) in [5, 5.41) is 3.55. The van der Waals surface area contributed by atoms with Crippen LogP contribution in [0.1, 0.15) is 18.1 Å². The first-order chi connectivity index (χ1) is 11.0. The van der Waals surface area contributed by atoms with Gasteiger partial charge in [-0.05, 0) is 61.7 Å². The summed E-state index contributed by atoms with van der Waals surface area (Å²) in [6.45, 7) is 4.17. The van der Waals surface area contributed by atoms with Gasteiger partial charge in [0, 0.05) is 17.3 Å². The SMILES string of the molecule is Cc1cc(OC(C)C(=O)NCCc2ccc(N)cc2)ccc1Cl.Cl. The molecule has 0 aliphatic heterocycles. The minimum absolute atomic E-state index is 0. The number of hydrogen-bond donors (Lipinski definition) is 2. The van der Waals surface area contributed by atoms with Gasteiger partial charge in [0.2, 0.25) is 0 Å². The van der Waals surface area contributed by atoms with Gasteiger partial charge in [-0.15, -0.1) is 12.4 Å². The topological polar surface area (TPSA) is 64.3 Å². The van der Waals surface area contributed by atoms with Gasteiger partial charge in [0.05, 0.1) is 0 Å². The molecule has 1 atom stereocenters. The van der Waals surface area contributed by atoms with Gasteiger partial charge in [0.1, 0.15) is 5.75 Å². The van der Waals surface area contributed by atoms with Crippen molar-refractivity contribution in [2.75, 3.05) is 12.3 Å². The molecule has 3 N–H and O–H groups in total. The number of nitrogen functional groups attached to an aromatic ring is 1. The summed E-state index contributed by atoms with van der Waals surface area (Å²) >= 11 is 5.97. The maximum atomic E-state index is 12.1. The number of ether oxygens (including phenoxy) is 1. The zero-order chi connectivity index (χ0) is 16.8. The number of benzene rings is 2. The van der Waals surface area contributed by atoms with E-state index < -0.39 is 6.10 Å². The Balaban J connectivity index is 0.00000288. The Labute approximate surface area is 153 Å². The summed E-state index contributed by atoms with van der Waals surface area (Å²) in [5.74, 6) is 0.487. The molecule has 0 aliphatic carbocycles. The first-order valence-electron chi connectivity index (χ1n) is 7.50. The van der Waals surface area contributed by atoms with Crippen LogP contribution in [0, 0.1) is 6.92 Å². The summed E-state index contributed by atoms with van der Waals surface area (Å²) < 4.78 is 5.64. The molecular weight excluding hydrogens is 347 g/mol. The summed E-state index contributed by atoms with van der Waals surface area (Å²) in [4.78, 5) is 12.1. The molecule has 0 saturated carbocycles. The second-order valence-electron chi connectivity index (χ2n) is 5.45. The van der Waals surface area contributed by atoms with Crippen LogP contribution in [0.3, 0.4) is 0 Å². The summed E-state index contributed by atoms with van der Waals surface area (Å²) in [5.41, 5.74) is 8.42. The van der Waals surface area contributed by atoms with Crippen LogP contribution in [0.4, 0.5) is 5.69 Å². The molecule has 6 heteroatoms. The normalized spacial score (nSPS) is 11.3. The molecule has 0 spiro atoms. The van der Waals surface area contributed by atoms with Crippen molar-refractivity contribution in [2.45, 2.75) is 26.4 Å². The third-order valence-electron chi connectivity index (χ3n) is 3.50. The van der Waals surface area contributed by atoms with Crippen molar-refractivity contribution in [3.63, 3.8) is 0 Å². The molecule has 2 aromatic carbocycles. The van der Waals surface area contributed by atoms with Crippen molar-refractivity contribution in [1.82, 2.24) is 5.32 Å². The molecule has 0 heterocycles. The van der Waals surface area contributed by atoms with E-state index in [9.17, 15) is 4.79 Å². The fraction of sp³-hybridized carbons (Fsp3) is 0.278. The summed E-state index contributed by atoms with van der Waals surface area (Å²) in [7, 11) is 0.